The molecule has 0 saturated carbocycles. The summed E-state index contributed by atoms with van der Waals surface area (Å²) in [4.78, 5) is 24.6. The first-order valence-corrected chi connectivity index (χ1v) is 9.93. The normalized spacial score (nSPS) is 10.8. The Kier molecular flexibility index (Phi) is 7.45. The highest BCUT2D eigenvalue weighted by Crippen LogP contribution is 2.23. The predicted molar refractivity (Wildman–Crippen MR) is 120 cm³/mol. The number of carbonyl (C=O) groups is 2. The number of benzene rings is 3. The molecular formula is C24H16Cl2N2O3. The van der Waals surface area contributed by atoms with Gasteiger partial charge in [-0.2, -0.15) is 5.26 Å². The van der Waals surface area contributed by atoms with Crippen LogP contribution in [0.15, 0.2) is 78.4 Å². The van der Waals surface area contributed by atoms with Crippen LogP contribution in [0.1, 0.15) is 21.5 Å². The van der Waals surface area contributed by atoms with E-state index in [4.69, 9.17) is 27.9 Å². The summed E-state index contributed by atoms with van der Waals surface area (Å²) in [6.45, 7) is 0.320. The Hall–Kier alpha value is -3.59. The van der Waals surface area contributed by atoms with E-state index in [1.165, 1.54) is 18.2 Å². The Morgan fingerprint density at radius 3 is 2.35 bits per heavy atom. The number of rotatable bonds is 6. The Labute approximate surface area is 189 Å². The van der Waals surface area contributed by atoms with Crippen molar-refractivity contribution in [2.75, 3.05) is 0 Å². The zero-order valence-electron chi connectivity index (χ0n) is 16.1. The molecule has 0 bridgehead atoms. The number of esters is 1. The molecule has 0 spiro atoms. The number of halogens is 2. The molecule has 31 heavy (non-hydrogen) atoms. The van der Waals surface area contributed by atoms with Crippen LogP contribution in [0.4, 0.5) is 0 Å². The van der Waals surface area contributed by atoms with Crippen molar-refractivity contribution < 1.29 is 14.3 Å². The zero-order valence-corrected chi connectivity index (χ0v) is 17.7. The van der Waals surface area contributed by atoms with E-state index in [9.17, 15) is 14.9 Å². The first-order valence-electron chi connectivity index (χ1n) is 9.17. The van der Waals surface area contributed by atoms with Crippen LogP contribution in [-0.2, 0) is 11.3 Å². The highest BCUT2D eigenvalue weighted by molar-refractivity contribution is 6.36. The molecule has 3 rings (SSSR count). The lowest BCUT2D eigenvalue weighted by Crippen LogP contribution is -2.23. The van der Waals surface area contributed by atoms with Crippen molar-refractivity contribution in [3.63, 3.8) is 0 Å². The molecule has 0 radical (unpaired) electrons. The minimum atomic E-state index is -0.622. The van der Waals surface area contributed by atoms with Crippen LogP contribution in [-0.4, -0.2) is 11.9 Å². The molecule has 0 atom stereocenters. The highest BCUT2D eigenvalue weighted by Gasteiger charge is 2.13. The molecule has 0 aromatic heterocycles. The summed E-state index contributed by atoms with van der Waals surface area (Å²) < 4.78 is 5.31. The summed E-state index contributed by atoms with van der Waals surface area (Å²) in [5.41, 5.74) is 1.70. The van der Waals surface area contributed by atoms with E-state index in [1.54, 1.807) is 30.3 Å². The van der Waals surface area contributed by atoms with Crippen molar-refractivity contribution in [3.8, 4) is 11.8 Å². The second-order valence-electron chi connectivity index (χ2n) is 6.42. The van der Waals surface area contributed by atoms with Crippen LogP contribution in [0.2, 0.25) is 10.0 Å². The summed E-state index contributed by atoms with van der Waals surface area (Å²) >= 11 is 11.9. The summed E-state index contributed by atoms with van der Waals surface area (Å²) in [7, 11) is 0. The summed E-state index contributed by atoms with van der Waals surface area (Å²) in [5, 5.41) is 12.7. The fraction of sp³-hybridized carbons (Fsp3) is 0.0417. The van der Waals surface area contributed by atoms with E-state index in [1.807, 2.05) is 36.4 Å². The van der Waals surface area contributed by atoms with Crippen LogP contribution in [0.3, 0.4) is 0 Å². The number of nitrogens with zero attached hydrogens (tertiary/aromatic N) is 1. The number of amides is 1. The summed E-state index contributed by atoms with van der Waals surface area (Å²) in [6.07, 6.45) is 1.46. The Morgan fingerprint density at radius 2 is 1.71 bits per heavy atom. The van der Waals surface area contributed by atoms with Crippen LogP contribution in [0.25, 0.3) is 6.08 Å². The van der Waals surface area contributed by atoms with E-state index < -0.39 is 11.9 Å². The molecule has 0 fully saturated rings. The van der Waals surface area contributed by atoms with E-state index >= 15 is 0 Å². The molecule has 7 heteroatoms. The van der Waals surface area contributed by atoms with Crippen molar-refractivity contribution in [1.29, 1.82) is 5.26 Å². The quantitative estimate of drug-likeness (QED) is 0.234. The molecule has 3 aromatic rings. The van der Waals surface area contributed by atoms with Crippen molar-refractivity contribution in [1.82, 2.24) is 5.32 Å². The molecule has 154 valence electrons. The average molecular weight is 451 g/mol. The van der Waals surface area contributed by atoms with Gasteiger partial charge in [0.2, 0.25) is 0 Å². The van der Waals surface area contributed by atoms with Gasteiger partial charge in [0.15, 0.2) is 0 Å². The van der Waals surface area contributed by atoms with Gasteiger partial charge in [-0.05, 0) is 47.5 Å². The fourth-order valence-electron chi connectivity index (χ4n) is 2.64. The van der Waals surface area contributed by atoms with Gasteiger partial charge in [-0.15, -0.1) is 0 Å². The smallest absolute Gasteiger partial charge is 0.345 e. The summed E-state index contributed by atoms with van der Waals surface area (Å²) in [6, 6.07) is 22.2. The van der Waals surface area contributed by atoms with Crippen molar-refractivity contribution in [3.05, 3.63) is 105 Å². The van der Waals surface area contributed by atoms with Crippen LogP contribution < -0.4 is 10.1 Å². The zero-order chi connectivity index (χ0) is 22.2. The lowest BCUT2D eigenvalue weighted by Gasteiger charge is -2.07. The lowest BCUT2D eigenvalue weighted by molar-refractivity contribution is -0.117. The van der Waals surface area contributed by atoms with Crippen LogP contribution >= 0.6 is 23.2 Å². The first-order chi connectivity index (χ1) is 15.0. The molecule has 1 amide bonds. The molecule has 5 nitrogen and oxygen atoms in total. The van der Waals surface area contributed by atoms with Crippen molar-refractivity contribution in [2.24, 2.45) is 0 Å². The van der Waals surface area contributed by atoms with Gasteiger partial charge in [0.1, 0.15) is 17.4 Å². The van der Waals surface area contributed by atoms with Gasteiger partial charge in [-0.1, -0.05) is 65.7 Å². The maximum Gasteiger partial charge on any atom is 0.345 e. The van der Waals surface area contributed by atoms with Gasteiger partial charge >= 0.3 is 5.97 Å². The third kappa shape index (κ3) is 6.19. The molecule has 0 saturated heterocycles. The molecule has 0 aliphatic carbocycles. The highest BCUT2D eigenvalue weighted by atomic mass is 35.5. The lowest BCUT2D eigenvalue weighted by atomic mass is 10.1. The maximum atomic E-state index is 12.3. The monoisotopic (exact) mass is 450 g/mol. The SMILES string of the molecule is N#C/C(=C\c1ccc(OC(=O)c2ccc(Cl)cc2Cl)cc1)C(=O)NCc1ccccc1. The van der Waals surface area contributed by atoms with Crippen molar-refractivity contribution >= 4 is 41.2 Å². The molecule has 0 unspecified atom stereocenters. The second kappa shape index (κ2) is 10.4. The number of hydrogen-bond donors (Lipinski definition) is 1. The van der Waals surface area contributed by atoms with Crippen LogP contribution in [0, 0.1) is 11.3 Å². The van der Waals surface area contributed by atoms with Gasteiger partial charge < -0.3 is 10.1 Å². The van der Waals surface area contributed by atoms with E-state index in [0.717, 1.165) is 5.56 Å². The third-order valence-corrected chi connectivity index (χ3v) is 4.76. The summed E-state index contributed by atoms with van der Waals surface area (Å²) in [5.74, 6) is -0.803. The molecule has 1 N–H and O–H groups in total. The number of ether oxygens (including phenoxy) is 1. The van der Waals surface area contributed by atoms with E-state index in [0.29, 0.717) is 22.9 Å². The molecule has 0 aliphatic rings. The Morgan fingerprint density at radius 1 is 1.00 bits per heavy atom. The largest absolute Gasteiger partial charge is 0.423 e. The van der Waals surface area contributed by atoms with Crippen LogP contribution in [0.5, 0.6) is 5.75 Å². The number of nitrogens with one attached hydrogen (secondary N) is 1. The minimum Gasteiger partial charge on any atom is -0.423 e. The van der Waals surface area contributed by atoms with E-state index in [2.05, 4.69) is 5.32 Å². The molecular weight excluding hydrogens is 435 g/mol. The maximum absolute atomic E-state index is 12.3. The van der Waals surface area contributed by atoms with Gasteiger partial charge in [-0.25, -0.2) is 4.79 Å². The van der Waals surface area contributed by atoms with Gasteiger partial charge in [0.05, 0.1) is 10.6 Å². The number of carbonyl (C=O) groups excluding carboxylic acids is 2. The number of nitriles is 1. The second-order valence-corrected chi connectivity index (χ2v) is 7.26. The van der Waals surface area contributed by atoms with Crippen molar-refractivity contribution in [2.45, 2.75) is 6.54 Å². The Bertz CT molecular complexity index is 1170. The van der Waals surface area contributed by atoms with Gasteiger partial charge in [0, 0.05) is 11.6 Å². The molecule has 0 heterocycles. The first kappa shape index (κ1) is 22.1. The van der Waals surface area contributed by atoms with Gasteiger partial charge in [-0.3, -0.25) is 4.79 Å². The van der Waals surface area contributed by atoms with Gasteiger partial charge in [0.25, 0.3) is 5.91 Å². The predicted octanol–water partition coefficient (Wildman–Crippen LogP) is 5.44. The average Bonchev–Trinajstić information content (AvgIpc) is 2.77. The number of hydrogen-bond acceptors (Lipinski definition) is 4. The molecule has 0 aliphatic heterocycles. The topological polar surface area (TPSA) is 79.2 Å². The third-order valence-electron chi connectivity index (χ3n) is 4.21. The van der Waals surface area contributed by atoms with E-state index in [-0.39, 0.29) is 16.2 Å². The molecule has 3 aromatic carbocycles. The Balaban J connectivity index is 1.65. The standard InChI is InChI=1S/C24H16Cl2N2O3/c25-19-8-11-21(22(26)13-19)24(30)31-20-9-6-16(7-10-20)12-18(14-27)23(29)28-15-17-4-2-1-3-5-17/h1-13H,15H2,(H,28,29)/b18-12+. The fourth-order valence-corrected chi connectivity index (χ4v) is 3.12. The minimum absolute atomic E-state index is 0.0337.